The molecule has 0 unspecified atom stereocenters. The minimum Gasteiger partial charge on any atom is -0.426 e. The maximum absolute atomic E-state index is 13.0. The zero-order chi connectivity index (χ0) is 21.5. The van der Waals surface area contributed by atoms with Gasteiger partial charge >= 0.3 is 5.97 Å². The van der Waals surface area contributed by atoms with Crippen LogP contribution in [0.1, 0.15) is 40.9 Å². The van der Waals surface area contributed by atoms with E-state index in [1.807, 2.05) is 30.3 Å². The van der Waals surface area contributed by atoms with Crippen molar-refractivity contribution in [1.29, 1.82) is 0 Å². The summed E-state index contributed by atoms with van der Waals surface area (Å²) >= 11 is 0. The average molecular weight is 405 g/mol. The van der Waals surface area contributed by atoms with E-state index >= 15 is 0 Å². The minimum atomic E-state index is -0.518. The summed E-state index contributed by atoms with van der Waals surface area (Å²) in [6.07, 6.45) is -0.0418. The number of rotatable bonds is 7. The summed E-state index contributed by atoms with van der Waals surface area (Å²) in [5.41, 5.74) is 1.55. The second kappa shape index (κ2) is 9.60. The molecule has 0 heterocycles. The van der Waals surface area contributed by atoms with Gasteiger partial charge < -0.3 is 10.1 Å². The number of ketones is 1. The van der Waals surface area contributed by atoms with E-state index in [4.69, 9.17) is 4.74 Å². The van der Waals surface area contributed by atoms with Gasteiger partial charge in [-0.25, -0.2) is 4.39 Å². The number of nitrogens with one attached hydrogen (secondary N) is 1. The van der Waals surface area contributed by atoms with Crippen LogP contribution in [0.15, 0.2) is 78.9 Å². The molecule has 1 amide bonds. The van der Waals surface area contributed by atoms with E-state index in [9.17, 15) is 18.8 Å². The number of hydrogen-bond donors (Lipinski definition) is 1. The number of carbonyl (C=O) groups excluding carboxylic acids is 3. The van der Waals surface area contributed by atoms with Crippen LogP contribution in [0, 0.1) is 5.82 Å². The number of benzene rings is 3. The van der Waals surface area contributed by atoms with Gasteiger partial charge in [-0.3, -0.25) is 14.4 Å². The Labute approximate surface area is 173 Å². The van der Waals surface area contributed by atoms with E-state index in [2.05, 4.69) is 5.32 Å². The lowest BCUT2D eigenvalue weighted by Crippen LogP contribution is -2.29. The smallest absolute Gasteiger partial charge is 0.313 e. The van der Waals surface area contributed by atoms with Crippen molar-refractivity contribution in [3.63, 3.8) is 0 Å². The molecule has 0 aliphatic rings. The van der Waals surface area contributed by atoms with Gasteiger partial charge in [-0.05, 0) is 54.1 Å². The fourth-order valence-corrected chi connectivity index (χ4v) is 2.96. The maximum Gasteiger partial charge on any atom is 0.313 e. The predicted octanol–water partition coefficient (Wildman–Crippen LogP) is 4.23. The van der Waals surface area contributed by atoms with E-state index in [1.54, 1.807) is 0 Å². The van der Waals surface area contributed by atoms with Crippen LogP contribution in [0.25, 0.3) is 0 Å². The molecule has 0 aromatic heterocycles. The largest absolute Gasteiger partial charge is 0.426 e. The number of hydrogen-bond acceptors (Lipinski definition) is 4. The van der Waals surface area contributed by atoms with Crippen LogP contribution < -0.4 is 10.1 Å². The van der Waals surface area contributed by atoms with E-state index in [1.165, 1.54) is 55.5 Å². The molecule has 0 saturated carbocycles. The third-order valence-corrected chi connectivity index (χ3v) is 4.40. The van der Waals surface area contributed by atoms with Crippen molar-refractivity contribution in [2.75, 3.05) is 0 Å². The van der Waals surface area contributed by atoms with E-state index in [-0.39, 0.29) is 23.9 Å². The second-order valence-electron chi connectivity index (χ2n) is 6.70. The first kappa shape index (κ1) is 20.9. The molecule has 0 spiro atoms. The summed E-state index contributed by atoms with van der Waals surface area (Å²) in [5, 5.41) is 2.75. The molecule has 0 bridgehead atoms. The molecule has 0 aliphatic carbocycles. The molecule has 6 heteroatoms. The maximum atomic E-state index is 13.0. The Bertz CT molecular complexity index is 1030. The fraction of sp³-hybridized carbons (Fsp3) is 0.125. The van der Waals surface area contributed by atoms with Gasteiger partial charge in [-0.1, -0.05) is 30.3 Å². The number of halogens is 1. The molecule has 0 saturated heterocycles. The fourth-order valence-electron chi connectivity index (χ4n) is 2.96. The Morgan fingerprint density at radius 2 is 1.43 bits per heavy atom. The number of carbonyl (C=O) groups is 3. The van der Waals surface area contributed by atoms with Crippen LogP contribution in [0.4, 0.5) is 4.39 Å². The van der Waals surface area contributed by atoms with Gasteiger partial charge in [0.1, 0.15) is 11.6 Å². The number of esters is 1. The van der Waals surface area contributed by atoms with Crippen LogP contribution in [-0.4, -0.2) is 17.7 Å². The normalized spacial score (nSPS) is 11.4. The van der Waals surface area contributed by atoms with Crippen LogP contribution in [0.5, 0.6) is 5.75 Å². The molecule has 1 N–H and O–H groups in total. The Morgan fingerprint density at radius 1 is 0.867 bits per heavy atom. The van der Waals surface area contributed by atoms with Crippen LogP contribution in [0.2, 0.25) is 0 Å². The van der Waals surface area contributed by atoms with E-state index < -0.39 is 17.8 Å². The molecule has 30 heavy (non-hydrogen) atoms. The zero-order valence-electron chi connectivity index (χ0n) is 16.3. The van der Waals surface area contributed by atoms with Crippen LogP contribution in [0.3, 0.4) is 0 Å². The van der Waals surface area contributed by atoms with Gasteiger partial charge in [0.25, 0.3) is 0 Å². The monoisotopic (exact) mass is 405 g/mol. The van der Waals surface area contributed by atoms with E-state index in [0.717, 1.165) is 5.56 Å². The second-order valence-corrected chi connectivity index (χ2v) is 6.70. The van der Waals surface area contributed by atoms with Crippen molar-refractivity contribution in [2.24, 2.45) is 0 Å². The third kappa shape index (κ3) is 5.61. The average Bonchev–Trinajstić information content (AvgIpc) is 2.74. The summed E-state index contributed by atoms with van der Waals surface area (Å²) in [7, 11) is 0. The highest BCUT2D eigenvalue weighted by atomic mass is 19.1. The van der Waals surface area contributed by atoms with Gasteiger partial charge in [0, 0.05) is 18.1 Å². The van der Waals surface area contributed by atoms with Crippen molar-refractivity contribution in [1.82, 2.24) is 5.32 Å². The molecular formula is C24H20FNO4. The van der Waals surface area contributed by atoms with Gasteiger partial charge in [0.2, 0.25) is 5.91 Å². The summed E-state index contributed by atoms with van der Waals surface area (Å²) in [6.45, 7) is 1.39. The first-order valence-corrected chi connectivity index (χ1v) is 9.35. The van der Waals surface area contributed by atoms with Gasteiger partial charge in [-0.2, -0.15) is 0 Å². The van der Waals surface area contributed by atoms with Crippen molar-refractivity contribution >= 4 is 17.7 Å². The van der Waals surface area contributed by atoms with Crippen LogP contribution >= 0.6 is 0 Å². The molecule has 5 nitrogen and oxygen atoms in total. The minimum absolute atomic E-state index is 0.0418. The molecule has 0 aliphatic heterocycles. The summed E-state index contributed by atoms with van der Waals surface area (Å²) in [5.74, 6) is -1.16. The molecule has 3 rings (SSSR count). The Morgan fingerprint density at radius 3 is 2.00 bits per heavy atom. The molecule has 152 valence electrons. The summed E-state index contributed by atoms with van der Waals surface area (Å²) < 4.78 is 18.4. The quantitative estimate of drug-likeness (QED) is 0.363. The highest BCUT2D eigenvalue weighted by Gasteiger charge is 2.18. The lowest BCUT2D eigenvalue weighted by atomic mass is 10.0. The number of ether oxygens (including phenoxy) is 1. The third-order valence-electron chi connectivity index (χ3n) is 4.40. The van der Waals surface area contributed by atoms with Crippen LogP contribution in [-0.2, 0) is 9.59 Å². The number of amides is 1. The van der Waals surface area contributed by atoms with Crippen molar-refractivity contribution in [3.05, 3.63) is 101 Å². The van der Waals surface area contributed by atoms with E-state index in [0.29, 0.717) is 11.1 Å². The van der Waals surface area contributed by atoms with Gasteiger partial charge in [0.05, 0.1) is 12.5 Å². The molecular weight excluding hydrogens is 385 g/mol. The SMILES string of the molecule is CC(=O)N[C@H](CC(=O)Oc1ccc(C(=O)c2ccc(F)cc2)cc1)c1ccccc1. The highest BCUT2D eigenvalue weighted by molar-refractivity contribution is 6.09. The molecule has 3 aromatic carbocycles. The first-order valence-electron chi connectivity index (χ1n) is 9.35. The highest BCUT2D eigenvalue weighted by Crippen LogP contribution is 2.20. The standard InChI is InChI=1S/C24H20FNO4/c1-16(27)26-22(17-5-3-2-4-6-17)15-23(28)30-21-13-9-19(10-14-21)24(29)18-7-11-20(25)12-8-18/h2-14,22H,15H2,1H3,(H,26,27)/t22-/m1/s1. The van der Waals surface area contributed by atoms with Crippen molar-refractivity contribution in [3.8, 4) is 5.75 Å². The lowest BCUT2D eigenvalue weighted by Gasteiger charge is -2.17. The molecule has 0 radical (unpaired) electrons. The Kier molecular flexibility index (Phi) is 6.70. The van der Waals surface area contributed by atoms with Gasteiger partial charge in [-0.15, -0.1) is 0 Å². The first-order chi connectivity index (χ1) is 14.4. The molecule has 3 aromatic rings. The summed E-state index contributed by atoms with van der Waals surface area (Å²) in [4.78, 5) is 36.3. The summed E-state index contributed by atoms with van der Waals surface area (Å²) in [6, 6.07) is 20.0. The predicted molar refractivity (Wildman–Crippen MR) is 110 cm³/mol. The van der Waals surface area contributed by atoms with Gasteiger partial charge in [0.15, 0.2) is 5.78 Å². The molecule has 0 fully saturated rings. The Balaban J connectivity index is 1.65. The topological polar surface area (TPSA) is 72.5 Å². The van der Waals surface area contributed by atoms with Crippen molar-refractivity contribution in [2.45, 2.75) is 19.4 Å². The molecule has 1 atom stereocenters. The Hall–Kier alpha value is -3.80. The van der Waals surface area contributed by atoms with Crippen molar-refractivity contribution < 1.29 is 23.5 Å². The lowest BCUT2D eigenvalue weighted by molar-refractivity contribution is -0.135. The zero-order valence-corrected chi connectivity index (χ0v) is 16.3.